The number of nitrogens with zero attached hydrogens (tertiary/aromatic N) is 4. The molecule has 0 amide bonds. The van der Waals surface area contributed by atoms with E-state index < -0.39 is 0 Å². The minimum absolute atomic E-state index is 0.485. The molecule has 21 heavy (non-hydrogen) atoms. The van der Waals surface area contributed by atoms with Gasteiger partial charge in [0.1, 0.15) is 22.1 Å². The molecule has 3 rings (SSSR count). The summed E-state index contributed by atoms with van der Waals surface area (Å²) in [6.45, 7) is 4.05. The predicted octanol–water partition coefficient (Wildman–Crippen LogP) is 4.30. The predicted molar refractivity (Wildman–Crippen MR) is 87.7 cm³/mol. The van der Waals surface area contributed by atoms with Crippen molar-refractivity contribution in [3.05, 3.63) is 38.7 Å². The first-order valence-electron chi connectivity index (χ1n) is 6.25. The molecule has 0 aliphatic rings. The number of aromatic nitrogens is 4. The normalized spacial score (nSPS) is 11.1. The second kappa shape index (κ2) is 5.38. The van der Waals surface area contributed by atoms with E-state index >= 15 is 0 Å². The van der Waals surface area contributed by atoms with Crippen LogP contribution in [0.2, 0.25) is 0 Å². The molecule has 2 aromatic heterocycles. The summed E-state index contributed by atoms with van der Waals surface area (Å²) in [5, 5.41) is 5.05. The van der Waals surface area contributed by atoms with Crippen molar-refractivity contribution in [1.29, 1.82) is 0 Å². The molecular formula is C14H12Br2N4O. The third kappa shape index (κ3) is 2.55. The van der Waals surface area contributed by atoms with E-state index in [1.165, 1.54) is 6.33 Å². The monoisotopic (exact) mass is 410 g/mol. The van der Waals surface area contributed by atoms with Crippen LogP contribution in [0.1, 0.15) is 11.1 Å². The van der Waals surface area contributed by atoms with Crippen molar-refractivity contribution in [1.82, 2.24) is 19.7 Å². The number of halogens is 2. The van der Waals surface area contributed by atoms with Gasteiger partial charge < -0.3 is 4.74 Å². The Morgan fingerprint density at radius 3 is 2.62 bits per heavy atom. The molecule has 0 saturated heterocycles. The first kappa shape index (κ1) is 14.5. The van der Waals surface area contributed by atoms with Crippen LogP contribution in [0.3, 0.4) is 0 Å². The minimum atomic E-state index is 0.485. The van der Waals surface area contributed by atoms with Gasteiger partial charge in [0.05, 0.1) is 0 Å². The standard InChI is InChI=1S/C14H12Br2N4O/c1-7-4-8(2)10(5-9(7)15)21-14-11-12(16)19-20(3)13(11)17-6-18-14/h4-6H,1-3H3. The van der Waals surface area contributed by atoms with Crippen LogP contribution >= 0.6 is 31.9 Å². The van der Waals surface area contributed by atoms with Crippen molar-refractivity contribution in [3.8, 4) is 11.6 Å². The van der Waals surface area contributed by atoms with Gasteiger partial charge in [-0.2, -0.15) is 5.10 Å². The van der Waals surface area contributed by atoms with Crippen molar-refractivity contribution >= 4 is 42.9 Å². The van der Waals surface area contributed by atoms with Crippen molar-refractivity contribution in [2.24, 2.45) is 7.05 Å². The quantitative estimate of drug-likeness (QED) is 0.630. The smallest absolute Gasteiger partial charge is 0.234 e. The van der Waals surface area contributed by atoms with Gasteiger partial charge >= 0.3 is 0 Å². The summed E-state index contributed by atoms with van der Waals surface area (Å²) in [5.74, 6) is 1.24. The second-order valence-corrected chi connectivity index (χ2v) is 6.37. The third-order valence-corrected chi connectivity index (χ3v) is 4.62. The van der Waals surface area contributed by atoms with Gasteiger partial charge in [-0.1, -0.05) is 22.0 Å². The average molecular weight is 412 g/mol. The van der Waals surface area contributed by atoms with Crippen molar-refractivity contribution in [2.75, 3.05) is 0 Å². The summed E-state index contributed by atoms with van der Waals surface area (Å²) in [6.07, 6.45) is 1.48. The van der Waals surface area contributed by atoms with E-state index in [9.17, 15) is 0 Å². The molecule has 0 spiro atoms. The van der Waals surface area contributed by atoms with Crippen LogP contribution in [-0.4, -0.2) is 19.7 Å². The molecule has 0 radical (unpaired) electrons. The Morgan fingerprint density at radius 1 is 1.10 bits per heavy atom. The van der Waals surface area contributed by atoms with Crippen LogP contribution in [0.15, 0.2) is 27.5 Å². The fraction of sp³-hybridized carbons (Fsp3) is 0.214. The van der Waals surface area contributed by atoms with Crippen molar-refractivity contribution < 1.29 is 4.74 Å². The van der Waals surface area contributed by atoms with E-state index in [0.717, 1.165) is 32.4 Å². The first-order chi connectivity index (χ1) is 9.97. The maximum Gasteiger partial charge on any atom is 0.234 e. The number of aryl methyl sites for hydroxylation is 3. The average Bonchev–Trinajstić information content (AvgIpc) is 2.72. The lowest BCUT2D eigenvalue weighted by Crippen LogP contribution is -1.95. The molecule has 0 unspecified atom stereocenters. The summed E-state index contributed by atoms with van der Waals surface area (Å²) in [4.78, 5) is 8.47. The number of ether oxygens (including phenoxy) is 1. The Hall–Kier alpha value is -1.47. The molecule has 2 heterocycles. The lowest BCUT2D eigenvalue weighted by molar-refractivity contribution is 0.464. The number of rotatable bonds is 2. The summed E-state index contributed by atoms with van der Waals surface area (Å²) in [6, 6.07) is 4.01. The van der Waals surface area contributed by atoms with Gasteiger partial charge in [0, 0.05) is 11.5 Å². The van der Waals surface area contributed by atoms with Crippen LogP contribution in [-0.2, 0) is 7.05 Å². The Balaban J connectivity index is 2.13. The molecule has 3 aromatic rings. The van der Waals surface area contributed by atoms with E-state index in [4.69, 9.17) is 4.74 Å². The molecule has 0 saturated carbocycles. The van der Waals surface area contributed by atoms with E-state index in [1.54, 1.807) is 4.68 Å². The van der Waals surface area contributed by atoms with Crippen LogP contribution in [0.5, 0.6) is 11.6 Å². The highest BCUT2D eigenvalue weighted by atomic mass is 79.9. The van der Waals surface area contributed by atoms with Gasteiger partial charge in [-0.15, -0.1) is 0 Å². The Labute approximate surface area is 138 Å². The molecule has 0 aliphatic carbocycles. The zero-order valence-electron chi connectivity index (χ0n) is 11.7. The van der Waals surface area contributed by atoms with E-state index in [1.807, 2.05) is 27.0 Å². The summed E-state index contributed by atoms with van der Waals surface area (Å²) in [5.41, 5.74) is 2.92. The third-order valence-electron chi connectivity index (χ3n) is 3.21. The van der Waals surface area contributed by atoms with Gasteiger partial charge in [-0.05, 0) is 47.0 Å². The van der Waals surface area contributed by atoms with Gasteiger partial charge in [-0.25, -0.2) is 14.6 Å². The maximum atomic E-state index is 5.99. The molecule has 0 aliphatic heterocycles. The first-order valence-corrected chi connectivity index (χ1v) is 7.83. The number of hydrogen-bond acceptors (Lipinski definition) is 4. The molecule has 108 valence electrons. The summed E-state index contributed by atoms with van der Waals surface area (Å²) in [7, 11) is 1.83. The Morgan fingerprint density at radius 2 is 1.86 bits per heavy atom. The fourth-order valence-corrected chi connectivity index (χ4v) is 3.02. The number of fused-ring (bicyclic) bond motifs is 1. The van der Waals surface area contributed by atoms with E-state index in [0.29, 0.717) is 10.5 Å². The van der Waals surface area contributed by atoms with Gasteiger partial charge in [0.25, 0.3) is 0 Å². The van der Waals surface area contributed by atoms with Crippen molar-refractivity contribution in [2.45, 2.75) is 13.8 Å². The summed E-state index contributed by atoms with van der Waals surface area (Å²) >= 11 is 6.95. The van der Waals surface area contributed by atoms with E-state index in [-0.39, 0.29) is 0 Å². The van der Waals surface area contributed by atoms with Gasteiger partial charge in [0.15, 0.2) is 5.65 Å². The largest absolute Gasteiger partial charge is 0.438 e. The maximum absolute atomic E-state index is 5.99. The SMILES string of the molecule is Cc1cc(C)c(Oc2ncnc3c2c(Br)nn3C)cc1Br. The Bertz CT molecular complexity index is 845. The molecular weight excluding hydrogens is 400 g/mol. The highest BCUT2D eigenvalue weighted by molar-refractivity contribution is 9.10. The molecule has 0 atom stereocenters. The molecule has 1 aromatic carbocycles. The second-order valence-electron chi connectivity index (χ2n) is 4.76. The zero-order chi connectivity index (χ0) is 15.1. The minimum Gasteiger partial charge on any atom is -0.438 e. The summed E-state index contributed by atoms with van der Waals surface area (Å²) < 4.78 is 9.34. The van der Waals surface area contributed by atoms with Crippen LogP contribution < -0.4 is 4.74 Å². The van der Waals surface area contributed by atoms with Crippen LogP contribution in [0.4, 0.5) is 0 Å². The zero-order valence-corrected chi connectivity index (χ0v) is 14.9. The lowest BCUT2D eigenvalue weighted by atomic mass is 10.1. The molecule has 5 nitrogen and oxygen atoms in total. The molecule has 7 heteroatoms. The highest BCUT2D eigenvalue weighted by Crippen LogP contribution is 2.34. The highest BCUT2D eigenvalue weighted by Gasteiger charge is 2.16. The van der Waals surface area contributed by atoms with Gasteiger partial charge in [-0.3, -0.25) is 0 Å². The number of benzene rings is 1. The lowest BCUT2D eigenvalue weighted by Gasteiger charge is -2.10. The Kier molecular flexibility index (Phi) is 3.71. The molecule has 0 N–H and O–H groups in total. The van der Waals surface area contributed by atoms with Crippen LogP contribution in [0.25, 0.3) is 11.0 Å². The van der Waals surface area contributed by atoms with E-state index in [2.05, 4.69) is 53.0 Å². The fourth-order valence-electron chi connectivity index (χ4n) is 2.11. The number of hydrogen-bond donors (Lipinski definition) is 0. The van der Waals surface area contributed by atoms with Gasteiger partial charge in [0.2, 0.25) is 5.88 Å². The topological polar surface area (TPSA) is 52.8 Å². The van der Waals surface area contributed by atoms with Crippen LogP contribution in [0, 0.1) is 13.8 Å². The molecule has 0 bridgehead atoms. The molecule has 0 fully saturated rings. The van der Waals surface area contributed by atoms with Crippen molar-refractivity contribution in [3.63, 3.8) is 0 Å².